The third kappa shape index (κ3) is 3.06. The summed E-state index contributed by atoms with van der Waals surface area (Å²) in [5, 5.41) is 4.09. The smallest absolute Gasteiger partial charge is 0.268 e. The second-order valence-electron chi connectivity index (χ2n) is 3.97. The molecule has 0 aliphatic carbocycles. The lowest BCUT2D eigenvalue weighted by Gasteiger charge is -2.13. The standard InChI is InChI=1S/C10H18N4O/c1-8(5-11)7-14-10(15)4-9(6-12-14)13(2)3/h4,6,8H,5,7,11H2,1-3H3. The van der Waals surface area contributed by atoms with E-state index in [-0.39, 0.29) is 11.5 Å². The second-order valence-corrected chi connectivity index (χ2v) is 3.97. The average Bonchev–Trinajstić information content (AvgIpc) is 2.20. The van der Waals surface area contributed by atoms with Crippen LogP contribution in [0.5, 0.6) is 0 Å². The Kier molecular flexibility index (Phi) is 3.85. The first kappa shape index (κ1) is 11.7. The van der Waals surface area contributed by atoms with E-state index in [9.17, 15) is 4.79 Å². The predicted octanol–water partition coefficient (Wildman–Crippen LogP) is -0.0959. The molecule has 1 heterocycles. The van der Waals surface area contributed by atoms with Gasteiger partial charge in [-0.1, -0.05) is 6.92 Å². The molecule has 1 aromatic heterocycles. The highest BCUT2D eigenvalue weighted by atomic mass is 16.1. The van der Waals surface area contributed by atoms with Crippen molar-refractivity contribution in [1.29, 1.82) is 0 Å². The van der Waals surface area contributed by atoms with E-state index in [2.05, 4.69) is 5.10 Å². The van der Waals surface area contributed by atoms with Crippen molar-refractivity contribution in [3.63, 3.8) is 0 Å². The van der Waals surface area contributed by atoms with E-state index in [1.54, 1.807) is 12.3 Å². The molecule has 5 nitrogen and oxygen atoms in total. The highest BCUT2D eigenvalue weighted by molar-refractivity contribution is 5.40. The van der Waals surface area contributed by atoms with Crippen molar-refractivity contribution in [3.8, 4) is 0 Å². The Morgan fingerprint density at radius 3 is 2.73 bits per heavy atom. The zero-order valence-corrected chi connectivity index (χ0v) is 9.47. The van der Waals surface area contributed by atoms with E-state index in [1.807, 2.05) is 25.9 Å². The molecule has 0 aromatic carbocycles. The number of anilines is 1. The molecule has 0 saturated heterocycles. The quantitative estimate of drug-likeness (QED) is 0.754. The molecule has 1 unspecified atom stereocenters. The van der Waals surface area contributed by atoms with E-state index < -0.39 is 0 Å². The van der Waals surface area contributed by atoms with Gasteiger partial charge < -0.3 is 10.6 Å². The number of hydrogen-bond donors (Lipinski definition) is 1. The topological polar surface area (TPSA) is 64.2 Å². The van der Waals surface area contributed by atoms with Crippen LogP contribution in [-0.2, 0) is 6.54 Å². The van der Waals surface area contributed by atoms with Crippen molar-refractivity contribution >= 4 is 5.69 Å². The Bertz CT molecular complexity index is 372. The summed E-state index contributed by atoms with van der Waals surface area (Å²) in [5.74, 6) is 0.264. The average molecular weight is 210 g/mol. The van der Waals surface area contributed by atoms with Crippen LogP contribution in [0.1, 0.15) is 6.92 Å². The van der Waals surface area contributed by atoms with Crippen molar-refractivity contribution in [2.75, 3.05) is 25.5 Å². The molecule has 0 saturated carbocycles. The van der Waals surface area contributed by atoms with Gasteiger partial charge in [0.1, 0.15) is 0 Å². The van der Waals surface area contributed by atoms with Crippen molar-refractivity contribution in [1.82, 2.24) is 9.78 Å². The van der Waals surface area contributed by atoms with Crippen LogP contribution in [0.15, 0.2) is 17.1 Å². The molecule has 5 heteroatoms. The maximum atomic E-state index is 11.6. The Morgan fingerprint density at radius 1 is 1.60 bits per heavy atom. The van der Waals surface area contributed by atoms with Gasteiger partial charge >= 0.3 is 0 Å². The summed E-state index contributed by atoms with van der Waals surface area (Å²) in [6, 6.07) is 1.58. The van der Waals surface area contributed by atoms with Crippen LogP contribution < -0.4 is 16.2 Å². The predicted molar refractivity (Wildman–Crippen MR) is 61.0 cm³/mol. The van der Waals surface area contributed by atoms with Gasteiger partial charge in [-0.15, -0.1) is 0 Å². The number of rotatable bonds is 4. The fourth-order valence-electron chi connectivity index (χ4n) is 1.18. The molecule has 1 aromatic rings. The van der Waals surface area contributed by atoms with Crippen LogP contribution in [-0.4, -0.2) is 30.4 Å². The van der Waals surface area contributed by atoms with Crippen LogP contribution in [0, 0.1) is 5.92 Å². The van der Waals surface area contributed by atoms with E-state index in [4.69, 9.17) is 5.73 Å². The van der Waals surface area contributed by atoms with Gasteiger partial charge in [-0.25, -0.2) is 4.68 Å². The maximum Gasteiger partial charge on any atom is 0.268 e. The van der Waals surface area contributed by atoms with Gasteiger partial charge in [-0.05, 0) is 12.5 Å². The Balaban J connectivity index is 2.89. The van der Waals surface area contributed by atoms with Crippen LogP contribution in [0.2, 0.25) is 0 Å². The maximum absolute atomic E-state index is 11.6. The van der Waals surface area contributed by atoms with Crippen molar-refractivity contribution < 1.29 is 0 Å². The van der Waals surface area contributed by atoms with Crippen molar-refractivity contribution in [3.05, 3.63) is 22.6 Å². The van der Waals surface area contributed by atoms with Crippen LogP contribution in [0.3, 0.4) is 0 Å². The lowest BCUT2D eigenvalue weighted by Crippen LogP contribution is -2.28. The van der Waals surface area contributed by atoms with Gasteiger partial charge in [-0.2, -0.15) is 5.10 Å². The van der Waals surface area contributed by atoms with Gasteiger partial charge in [-0.3, -0.25) is 4.79 Å². The van der Waals surface area contributed by atoms with E-state index in [0.717, 1.165) is 5.69 Å². The first-order valence-corrected chi connectivity index (χ1v) is 4.99. The van der Waals surface area contributed by atoms with Gasteiger partial charge in [0.15, 0.2) is 0 Å². The molecule has 1 rings (SSSR count). The zero-order chi connectivity index (χ0) is 11.4. The summed E-state index contributed by atoms with van der Waals surface area (Å²) in [7, 11) is 3.76. The Hall–Kier alpha value is -1.36. The fourth-order valence-corrected chi connectivity index (χ4v) is 1.18. The van der Waals surface area contributed by atoms with Crippen LogP contribution in [0.25, 0.3) is 0 Å². The molecule has 0 spiro atoms. The minimum atomic E-state index is -0.0819. The highest BCUT2D eigenvalue weighted by Gasteiger charge is 2.05. The molecule has 0 amide bonds. The minimum Gasteiger partial charge on any atom is -0.376 e. The fraction of sp³-hybridized carbons (Fsp3) is 0.600. The summed E-state index contributed by atoms with van der Waals surface area (Å²) in [5.41, 5.74) is 6.23. The summed E-state index contributed by atoms with van der Waals surface area (Å²) in [4.78, 5) is 13.5. The van der Waals surface area contributed by atoms with Gasteiger partial charge in [0.05, 0.1) is 11.9 Å². The molecule has 84 valence electrons. The number of aromatic nitrogens is 2. The summed E-state index contributed by atoms with van der Waals surface area (Å²) < 4.78 is 1.45. The molecule has 0 aliphatic heterocycles. The summed E-state index contributed by atoms with van der Waals surface area (Å²) >= 11 is 0. The van der Waals surface area contributed by atoms with Crippen molar-refractivity contribution in [2.24, 2.45) is 11.7 Å². The minimum absolute atomic E-state index is 0.0819. The normalized spacial score (nSPS) is 12.5. The first-order chi connectivity index (χ1) is 7.04. The molecule has 0 bridgehead atoms. The molecular weight excluding hydrogens is 192 g/mol. The highest BCUT2D eigenvalue weighted by Crippen LogP contribution is 2.04. The Labute approximate surface area is 89.5 Å². The monoisotopic (exact) mass is 210 g/mol. The largest absolute Gasteiger partial charge is 0.376 e. The second kappa shape index (κ2) is 4.93. The molecule has 0 radical (unpaired) electrons. The van der Waals surface area contributed by atoms with Crippen LogP contribution >= 0.6 is 0 Å². The molecule has 1 atom stereocenters. The third-order valence-corrected chi connectivity index (χ3v) is 2.26. The van der Waals surface area contributed by atoms with E-state index in [1.165, 1.54) is 4.68 Å². The number of hydrogen-bond acceptors (Lipinski definition) is 4. The molecule has 0 aliphatic rings. The third-order valence-electron chi connectivity index (χ3n) is 2.26. The van der Waals surface area contributed by atoms with Crippen LogP contribution in [0.4, 0.5) is 5.69 Å². The van der Waals surface area contributed by atoms with Crippen molar-refractivity contribution in [2.45, 2.75) is 13.5 Å². The molecule has 2 N–H and O–H groups in total. The van der Waals surface area contributed by atoms with E-state index in [0.29, 0.717) is 13.1 Å². The van der Waals surface area contributed by atoms with Gasteiger partial charge in [0.25, 0.3) is 5.56 Å². The molecule has 15 heavy (non-hydrogen) atoms. The molecular formula is C10H18N4O. The Morgan fingerprint density at radius 2 is 2.27 bits per heavy atom. The molecule has 0 fully saturated rings. The lowest BCUT2D eigenvalue weighted by atomic mass is 10.2. The first-order valence-electron chi connectivity index (χ1n) is 4.99. The number of nitrogens with two attached hydrogens (primary N) is 1. The summed E-state index contributed by atoms with van der Waals surface area (Å²) in [6.45, 7) is 3.13. The van der Waals surface area contributed by atoms with Gasteiger partial charge in [0.2, 0.25) is 0 Å². The van der Waals surface area contributed by atoms with Gasteiger partial charge in [0, 0.05) is 26.7 Å². The van der Waals surface area contributed by atoms with E-state index >= 15 is 0 Å². The summed E-state index contributed by atoms with van der Waals surface area (Å²) in [6.07, 6.45) is 1.69. The SMILES string of the molecule is CC(CN)Cn1ncc(N(C)C)cc1=O. The number of nitrogens with zero attached hydrogens (tertiary/aromatic N) is 3. The zero-order valence-electron chi connectivity index (χ0n) is 9.47. The lowest BCUT2D eigenvalue weighted by molar-refractivity contribution is 0.442.